The second kappa shape index (κ2) is 5.87. The quantitative estimate of drug-likeness (QED) is 0.859. The Morgan fingerprint density at radius 1 is 1.00 bits per heavy atom. The smallest absolute Gasteiger partial charge is 0.129 e. The lowest BCUT2D eigenvalue weighted by Gasteiger charge is -2.03. The molecule has 1 aromatic heterocycles. The maximum absolute atomic E-state index is 8.85. The highest BCUT2D eigenvalue weighted by Crippen LogP contribution is 2.10. The first-order valence-electron chi connectivity index (χ1n) is 5.41. The van der Waals surface area contributed by atoms with Crippen LogP contribution >= 0.6 is 11.6 Å². The summed E-state index contributed by atoms with van der Waals surface area (Å²) in [6.07, 6.45) is 0. The fraction of sp³-hybridized carbons (Fsp3) is 0.231. The number of rotatable bonds is 5. The molecular weight excluding hydrogens is 238 g/mol. The van der Waals surface area contributed by atoms with Gasteiger partial charge in [-0.2, -0.15) is 0 Å². The number of aliphatic hydroxyl groups is 1. The Morgan fingerprint density at radius 3 is 2.35 bits per heavy atom. The summed E-state index contributed by atoms with van der Waals surface area (Å²) in [5.74, 6) is 1.41. The van der Waals surface area contributed by atoms with Crippen LogP contribution in [0, 0.1) is 0 Å². The van der Waals surface area contributed by atoms with Crippen LogP contribution in [-0.4, -0.2) is 5.11 Å². The molecule has 0 radical (unpaired) electrons. The van der Waals surface area contributed by atoms with Crippen LogP contribution in [-0.2, 0) is 19.7 Å². The summed E-state index contributed by atoms with van der Waals surface area (Å²) in [6, 6.07) is 11.3. The average molecular weight is 252 g/mol. The standard InChI is InChI=1S/C13H14ClNO2/c14-11-3-1-10(2-4-11)7-15-8-12-5-6-13(9-16)17-12/h1-6,15-16H,7-9H2. The van der Waals surface area contributed by atoms with E-state index in [0.29, 0.717) is 12.3 Å². The van der Waals surface area contributed by atoms with Crippen molar-refractivity contribution in [2.45, 2.75) is 19.7 Å². The van der Waals surface area contributed by atoms with E-state index in [1.165, 1.54) is 5.56 Å². The number of furan rings is 1. The fourth-order valence-electron chi connectivity index (χ4n) is 1.53. The Bertz CT molecular complexity index is 465. The molecule has 0 saturated carbocycles. The molecular formula is C13H14ClNO2. The van der Waals surface area contributed by atoms with Gasteiger partial charge in [-0.3, -0.25) is 0 Å². The molecule has 0 aliphatic rings. The van der Waals surface area contributed by atoms with Crippen molar-refractivity contribution in [3.8, 4) is 0 Å². The van der Waals surface area contributed by atoms with Gasteiger partial charge in [0.25, 0.3) is 0 Å². The lowest BCUT2D eigenvalue weighted by atomic mass is 10.2. The average Bonchev–Trinajstić information content (AvgIpc) is 2.80. The third kappa shape index (κ3) is 3.60. The molecule has 1 aromatic carbocycles. The van der Waals surface area contributed by atoms with Gasteiger partial charge in [-0.05, 0) is 29.8 Å². The van der Waals surface area contributed by atoms with E-state index in [-0.39, 0.29) is 6.61 Å². The highest BCUT2D eigenvalue weighted by atomic mass is 35.5. The first-order valence-corrected chi connectivity index (χ1v) is 5.79. The van der Waals surface area contributed by atoms with E-state index in [9.17, 15) is 0 Å². The van der Waals surface area contributed by atoms with Gasteiger partial charge in [-0.25, -0.2) is 0 Å². The van der Waals surface area contributed by atoms with Crippen LogP contribution in [0.5, 0.6) is 0 Å². The van der Waals surface area contributed by atoms with Crippen molar-refractivity contribution in [3.63, 3.8) is 0 Å². The number of hydrogen-bond donors (Lipinski definition) is 2. The molecule has 17 heavy (non-hydrogen) atoms. The van der Waals surface area contributed by atoms with Gasteiger partial charge >= 0.3 is 0 Å². The Labute approximate surface area is 105 Å². The number of hydrogen-bond acceptors (Lipinski definition) is 3. The zero-order valence-electron chi connectivity index (χ0n) is 9.32. The fourth-order valence-corrected chi connectivity index (χ4v) is 1.66. The predicted octanol–water partition coefficient (Wildman–Crippen LogP) is 2.72. The second-order valence-electron chi connectivity index (χ2n) is 3.76. The van der Waals surface area contributed by atoms with Crippen LogP contribution in [0.25, 0.3) is 0 Å². The Balaban J connectivity index is 1.81. The molecule has 4 heteroatoms. The van der Waals surface area contributed by atoms with Gasteiger partial charge in [0.2, 0.25) is 0 Å². The number of benzene rings is 1. The summed E-state index contributed by atoms with van der Waals surface area (Å²) in [5, 5.41) is 12.9. The van der Waals surface area contributed by atoms with Gasteiger partial charge in [-0.1, -0.05) is 23.7 Å². The molecule has 2 aromatic rings. The summed E-state index contributed by atoms with van der Waals surface area (Å²) >= 11 is 5.80. The molecule has 0 saturated heterocycles. The molecule has 0 fully saturated rings. The van der Waals surface area contributed by atoms with E-state index in [0.717, 1.165) is 17.3 Å². The third-order valence-electron chi connectivity index (χ3n) is 2.41. The molecule has 0 aliphatic heterocycles. The van der Waals surface area contributed by atoms with Crippen molar-refractivity contribution >= 4 is 11.6 Å². The summed E-state index contributed by atoms with van der Waals surface area (Å²) in [6.45, 7) is 1.34. The van der Waals surface area contributed by atoms with Crippen molar-refractivity contribution in [1.82, 2.24) is 5.32 Å². The molecule has 0 unspecified atom stereocenters. The maximum Gasteiger partial charge on any atom is 0.129 e. The van der Waals surface area contributed by atoms with E-state index in [1.54, 1.807) is 6.07 Å². The molecule has 1 heterocycles. The number of aliphatic hydroxyl groups excluding tert-OH is 1. The molecule has 2 N–H and O–H groups in total. The van der Waals surface area contributed by atoms with E-state index >= 15 is 0 Å². The molecule has 0 spiro atoms. The molecule has 90 valence electrons. The molecule has 2 rings (SSSR count). The summed E-state index contributed by atoms with van der Waals surface area (Å²) in [7, 11) is 0. The van der Waals surface area contributed by atoms with Gasteiger partial charge in [-0.15, -0.1) is 0 Å². The molecule has 3 nitrogen and oxygen atoms in total. The summed E-state index contributed by atoms with van der Waals surface area (Å²) in [5.41, 5.74) is 1.17. The van der Waals surface area contributed by atoms with Gasteiger partial charge in [0.05, 0.1) is 6.54 Å². The Kier molecular flexibility index (Phi) is 4.20. The number of nitrogens with one attached hydrogen (secondary N) is 1. The van der Waals surface area contributed by atoms with Gasteiger partial charge in [0.1, 0.15) is 18.1 Å². The van der Waals surface area contributed by atoms with Crippen molar-refractivity contribution in [3.05, 3.63) is 58.5 Å². The lowest BCUT2D eigenvalue weighted by Crippen LogP contribution is -2.11. The zero-order chi connectivity index (χ0) is 12.1. The highest BCUT2D eigenvalue weighted by molar-refractivity contribution is 6.30. The minimum Gasteiger partial charge on any atom is -0.462 e. The molecule has 0 atom stereocenters. The minimum atomic E-state index is -0.0583. The molecule has 0 amide bonds. The van der Waals surface area contributed by atoms with Crippen LogP contribution in [0.15, 0.2) is 40.8 Å². The second-order valence-corrected chi connectivity index (χ2v) is 4.19. The molecule has 0 bridgehead atoms. The minimum absolute atomic E-state index is 0.0583. The van der Waals surface area contributed by atoms with Crippen molar-refractivity contribution in [2.24, 2.45) is 0 Å². The normalized spacial score (nSPS) is 10.7. The van der Waals surface area contributed by atoms with Crippen molar-refractivity contribution < 1.29 is 9.52 Å². The molecule has 0 aliphatic carbocycles. The van der Waals surface area contributed by atoms with E-state index in [1.807, 2.05) is 30.3 Å². The van der Waals surface area contributed by atoms with Crippen LogP contribution in [0.1, 0.15) is 17.1 Å². The van der Waals surface area contributed by atoms with Crippen LogP contribution < -0.4 is 5.32 Å². The SMILES string of the molecule is OCc1ccc(CNCc2ccc(Cl)cc2)o1. The number of halogens is 1. The maximum atomic E-state index is 8.85. The van der Waals surface area contributed by atoms with Crippen LogP contribution in [0.3, 0.4) is 0 Å². The third-order valence-corrected chi connectivity index (χ3v) is 2.67. The van der Waals surface area contributed by atoms with E-state index in [4.69, 9.17) is 21.1 Å². The Morgan fingerprint density at radius 2 is 1.71 bits per heavy atom. The first-order chi connectivity index (χ1) is 8.28. The van der Waals surface area contributed by atoms with Gasteiger partial charge in [0.15, 0.2) is 0 Å². The van der Waals surface area contributed by atoms with Crippen LogP contribution in [0.4, 0.5) is 0 Å². The van der Waals surface area contributed by atoms with Crippen LogP contribution in [0.2, 0.25) is 5.02 Å². The lowest BCUT2D eigenvalue weighted by molar-refractivity contribution is 0.242. The van der Waals surface area contributed by atoms with Crippen molar-refractivity contribution in [1.29, 1.82) is 0 Å². The predicted molar refractivity (Wildman–Crippen MR) is 66.6 cm³/mol. The van der Waals surface area contributed by atoms with Gasteiger partial charge < -0.3 is 14.8 Å². The zero-order valence-corrected chi connectivity index (χ0v) is 10.1. The van der Waals surface area contributed by atoms with E-state index in [2.05, 4.69) is 5.32 Å². The Hall–Kier alpha value is -1.29. The summed E-state index contributed by atoms with van der Waals surface area (Å²) < 4.78 is 5.36. The van der Waals surface area contributed by atoms with E-state index < -0.39 is 0 Å². The largest absolute Gasteiger partial charge is 0.462 e. The van der Waals surface area contributed by atoms with Gasteiger partial charge in [0, 0.05) is 11.6 Å². The first kappa shape index (κ1) is 12.2. The summed E-state index contributed by atoms with van der Waals surface area (Å²) in [4.78, 5) is 0. The topological polar surface area (TPSA) is 45.4 Å². The monoisotopic (exact) mass is 251 g/mol. The van der Waals surface area contributed by atoms with Crippen molar-refractivity contribution in [2.75, 3.05) is 0 Å². The highest BCUT2D eigenvalue weighted by Gasteiger charge is 2.00.